The molecule has 1 spiro atoms. The van der Waals surface area contributed by atoms with Gasteiger partial charge in [0, 0.05) is 31.9 Å². The van der Waals surface area contributed by atoms with E-state index in [1.54, 1.807) is 4.68 Å². The van der Waals surface area contributed by atoms with E-state index in [0.29, 0.717) is 50.4 Å². The number of aromatic carboxylic acids is 1. The van der Waals surface area contributed by atoms with Gasteiger partial charge in [-0.3, -0.25) is 9.48 Å². The number of nitrogens with zero attached hydrogens (tertiary/aromatic N) is 2. The van der Waals surface area contributed by atoms with Gasteiger partial charge < -0.3 is 19.9 Å². The van der Waals surface area contributed by atoms with Crippen LogP contribution in [0, 0.1) is 5.41 Å². The Labute approximate surface area is 192 Å². The molecule has 1 saturated heterocycles. The SMILES string of the molecule is CCn1nc(CCCOC(=O)c2ccc(C(=O)O)cc2)c2c1C(=O)NCC1(CCOCC1)C2. The molecule has 4 rings (SSSR count). The fourth-order valence-corrected chi connectivity index (χ4v) is 4.60. The van der Waals surface area contributed by atoms with E-state index in [1.807, 2.05) is 6.92 Å². The van der Waals surface area contributed by atoms with Crippen LogP contribution in [0.2, 0.25) is 0 Å². The van der Waals surface area contributed by atoms with Gasteiger partial charge in [0.1, 0.15) is 5.69 Å². The first-order chi connectivity index (χ1) is 15.9. The summed E-state index contributed by atoms with van der Waals surface area (Å²) in [4.78, 5) is 36.1. The first-order valence-electron chi connectivity index (χ1n) is 11.4. The van der Waals surface area contributed by atoms with Crippen LogP contribution < -0.4 is 5.32 Å². The first-order valence-corrected chi connectivity index (χ1v) is 11.4. The van der Waals surface area contributed by atoms with Crippen LogP contribution in [0.15, 0.2) is 24.3 Å². The zero-order chi connectivity index (χ0) is 23.4. The number of rotatable bonds is 7. The highest BCUT2D eigenvalue weighted by molar-refractivity contribution is 5.95. The van der Waals surface area contributed by atoms with Gasteiger partial charge in [-0.15, -0.1) is 0 Å². The molecule has 1 aromatic heterocycles. The van der Waals surface area contributed by atoms with Crippen molar-refractivity contribution in [3.05, 3.63) is 52.3 Å². The molecule has 2 aliphatic rings. The number of ether oxygens (including phenoxy) is 2. The first kappa shape index (κ1) is 23.0. The molecule has 0 saturated carbocycles. The number of carbonyl (C=O) groups excluding carboxylic acids is 2. The average molecular weight is 456 g/mol. The molecular formula is C24H29N3O6. The highest BCUT2D eigenvalue weighted by Crippen LogP contribution is 2.37. The number of esters is 1. The lowest BCUT2D eigenvalue weighted by atomic mass is 9.75. The third-order valence-corrected chi connectivity index (χ3v) is 6.54. The maximum atomic E-state index is 12.9. The second kappa shape index (κ2) is 9.74. The van der Waals surface area contributed by atoms with Crippen LogP contribution in [-0.2, 0) is 28.9 Å². The largest absolute Gasteiger partial charge is 0.478 e. The van der Waals surface area contributed by atoms with E-state index in [-0.39, 0.29) is 23.5 Å². The molecule has 1 fully saturated rings. The molecule has 3 heterocycles. The van der Waals surface area contributed by atoms with Crippen molar-refractivity contribution in [3.8, 4) is 0 Å². The fourth-order valence-electron chi connectivity index (χ4n) is 4.60. The Morgan fingerprint density at radius 3 is 2.58 bits per heavy atom. The van der Waals surface area contributed by atoms with Crippen LogP contribution in [0.5, 0.6) is 0 Å². The number of aromatic nitrogens is 2. The molecule has 176 valence electrons. The lowest BCUT2D eigenvalue weighted by Gasteiger charge is -2.36. The Bertz CT molecular complexity index is 1040. The quantitative estimate of drug-likeness (QED) is 0.486. The molecule has 1 amide bonds. The van der Waals surface area contributed by atoms with Crippen LogP contribution in [0.25, 0.3) is 0 Å². The van der Waals surface area contributed by atoms with Gasteiger partial charge >= 0.3 is 11.9 Å². The Hall–Kier alpha value is -3.20. The normalized spacial score (nSPS) is 17.2. The number of fused-ring (bicyclic) bond motifs is 1. The van der Waals surface area contributed by atoms with Crippen LogP contribution in [0.4, 0.5) is 0 Å². The molecule has 2 N–H and O–H groups in total. The van der Waals surface area contributed by atoms with Gasteiger partial charge in [-0.2, -0.15) is 5.10 Å². The Balaban J connectivity index is 1.42. The zero-order valence-electron chi connectivity index (χ0n) is 18.8. The number of benzene rings is 1. The van der Waals surface area contributed by atoms with E-state index in [2.05, 4.69) is 5.32 Å². The van der Waals surface area contributed by atoms with E-state index in [4.69, 9.17) is 19.7 Å². The number of carboxylic acids is 1. The molecule has 0 aliphatic carbocycles. The molecule has 33 heavy (non-hydrogen) atoms. The Kier molecular flexibility index (Phi) is 6.78. The number of amides is 1. The summed E-state index contributed by atoms with van der Waals surface area (Å²) < 4.78 is 12.7. The van der Waals surface area contributed by atoms with Crippen molar-refractivity contribution < 1.29 is 29.0 Å². The number of carbonyl (C=O) groups is 3. The van der Waals surface area contributed by atoms with E-state index in [1.165, 1.54) is 24.3 Å². The van der Waals surface area contributed by atoms with Gasteiger partial charge in [-0.1, -0.05) is 0 Å². The lowest BCUT2D eigenvalue weighted by Crippen LogP contribution is -2.40. The third-order valence-electron chi connectivity index (χ3n) is 6.54. The number of aryl methyl sites for hydroxylation is 2. The zero-order valence-corrected chi connectivity index (χ0v) is 18.8. The van der Waals surface area contributed by atoms with Gasteiger partial charge in [0.25, 0.3) is 5.91 Å². The van der Waals surface area contributed by atoms with Crippen LogP contribution in [-0.4, -0.2) is 59.1 Å². The summed E-state index contributed by atoms with van der Waals surface area (Å²) in [6.07, 6.45) is 3.77. The van der Waals surface area contributed by atoms with Crippen LogP contribution >= 0.6 is 0 Å². The molecule has 1 aromatic carbocycles. The van der Waals surface area contributed by atoms with E-state index in [9.17, 15) is 14.4 Å². The molecule has 9 heteroatoms. The highest BCUT2D eigenvalue weighted by Gasteiger charge is 2.39. The fraction of sp³-hybridized carbons (Fsp3) is 0.500. The summed E-state index contributed by atoms with van der Waals surface area (Å²) in [5.41, 5.74) is 2.95. The molecule has 0 unspecified atom stereocenters. The second-order valence-corrected chi connectivity index (χ2v) is 8.68. The molecular weight excluding hydrogens is 426 g/mol. The molecule has 0 bridgehead atoms. The summed E-state index contributed by atoms with van der Waals surface area (Å²) in [7, 11) is 0. The number of hydrogen-bond acceptors (Lipinski definition) is 6. The van der Waals surface area contributed by atoms with Gasteiger partial charge in [0.2, 0.25) is 0 Å². The van der Waals surface area contributed by atoms with Crippen LogP contribution in [0.3, 0.4) is 0 Å². The minimum absolute atomic E-state index is 0.00983. The number of nitrogens with one attached hydrogen (secondary N) is 1. The molecule has 2 aromatic rings. The summed E-state index contributed by atoms with van der Waals surface area (Å²) in [6.45, 7) is 4.82. The summed E-state index contributed by atoms with van der Waals surface area (Å²) in [6, 6.07) is 5.65. The molecule has 0 radical (unpaired) electrons. The van der Waals surface area contributed by atoms with Gasteiger partial charge in [0.15, 0.2) is 0 Å². The van der Waals surface area contributed by atoms with E-state index >= 15 is 0 Å². The molecule has 9 nitrogen and oxygen atoms in total. The Morgan fingerprint density at radius 2 is 1.91 bits per heavy atom. The van der Waals surface area contributed by atoms with Crippen LogP contribution in [0.1, 0.15) is 68.6 Å². The van der Waals surface area contributed by atoms with Crippen molar-refractivity contribution in [2.24, 2.45) is 5.41 Å². The highest BCUT2D eigenvalue weighted by atomic mass is 16.5. The summed E-state index contributed by atoms with van der Waals surface area (Å²) in [5, 5.41) is 16.8. The van der Waals surface area contributed by atoms with E-state index in [0.717, 1.165) is 30.5 Å². The van der Waals surface area contributed by atoms with Gasteiger partial charge in [-0.25, -0.2) is 9.59 Å². The predicted octanol–water partition coefficient (Wildman–Crippen LogP) is 2.47. The standard InChI is InChI=1S/C24H29N3O6/c1-2-27-20-18(14-24(15-25-21(20)28)9-12-32-13-10-24)19(26-27)4-3-11-33-23(31)17-7-5-16(6-8-17)22(29)30/h5-8H,2-4,9-15H2,1H3,(H,25,28)(H,29,30). The summed E-state index contributed by atoms with van der Waals surface area (Å²) in [5.74, 6) is -1.62. The molecule has 2 aliphatic heterocycles. The minimum Gasteiger partial charge on any atom is -0.478 e. The van der Waals surface area contributed by atoms with Crippen molar-refractivity contribution in [1.29, 1.82) is 0 Å². The lowest BCUT2D eigenvalue weighted by molar-refractivity contribution is 0.0160. The number of hydrogen-bond donors (Lipinski definition) is 2. The summed E-state index contributed by atoms with van der Waals surface area (Å²) >= 11 is 0. The van der Waals surface area contributed by atoms with Crippen molar-refractivity contribution >= 4 is 17.8 Å². The molecule has 0 atom stereocenters. The maximum Gasteiger partial charge on any atom is 0.338 e. The average Bonchev–Trinajstić information content (AvgIpc) is 3.10. The van der Waals surface area contributed by atoms with Crippen molar-refractivity contribution in [1.82, 2.24) is 15.1 Å². The number of carboxylic acid groups (broad SMARTS) is 1. The minimum atomic E-state index is -1.04. The van der Waals surface area contributed by atoms with Crippen molar-refractivity contribution in [2.45, 2.75) is 45.6 Å². The van der Waals surface area contributed by atoms with Gasteiger partial charge in [0.05, 0.1) is 23.4 Å². The Morgan fingerprint density at radius 1 is 1.21 bits per heavy atom. The maximum absolute atomic E-state index is 12.9. The topological polar surface area (TPSA) is 120 Å². The second-order valence-electron chi connectivity index (χ2n) is 8.68. The van der Waals surface area contributed by atoms with Crippen molar-refractivity contribution in [3.63, 3.8) is 0 Å². The van der Waals surface area contributed by atoms with Gasteiger partial charge in [-0.05, 0) is 68.7 Å². The monoisotopic (exact) mass is 455 g/mol. The predicted molar refractivity (Wildman–Crippen MR) is 118 cm³/mol. The van der Waals surface area contributed by atoms with Crippen molar-refractivity contribution in [2.75, 3.05) is 26.4 Å². The van der Waals surface area contributed by atoms with E-state index < -0.39 is 11.9 Å². The third kappa shape index (κ3) is 4.93. The smallest absolute Gasteiger partial charge is 0.338 e.